The number of aromatic nitrogens is 2. The number of benzene rings is 1. The second-order valence-corrected chi connectivity index (χ2v) is 6.07. The first-order valence-corrected chi connectivity index (χ1v) is 8.28. The minimum atomic E-state index is -4.60. The summed E-state index contributed by atoms with van der Waals surface area (Å²) in [6.07, 6.45) is -3.29. The number of rotatable bonds is 5. The number of hydrogen-bond donors (Lipinski definition) is 3. The molecule has 144 valence electrons. The highest BCUT2D eigenvalue weighted by Crippen LogP contribution is 2.35. The predicted octanol–water partition coefficient (Wildman–Crippen LogP) is 2.24. The van der Waals surface area contributed by atoms with Crippen molar-refractivity contribution in [2.45, 2.75) is 18.6 Å². The van der Waals surface area contributed by atoms with Crippen molar-refractivity contribution in [2.24, 2.45) is 0 Å². The van der Waals surface area contributed by atoms with E-state index in [9.17, 15) is 18.0 Å². The van der Waals surface area contributed by atoms with E-state index in [1.807, 2.05) is 0 Å². The Hall–Kier alpha value is -2.88. The number of aliphatic hydroxyl groups is 1. The van der Waals surface area contributed by atoms with Gasteiger partial charge in [-0.2, -0.15) is 18.2 Å². The molecule has 1 aliphatic heterocycles. The monoisotopic (exact) mass is 381 g/mol. The Kier molecular flexibility index (Phi) is 5.45. The lowest BCUT2D eigenvalue weighted by molar-refractivity contribution is -0.137. The maximum atomic E-state index is 13.3. The number of alkyl halides is 3. The molecule has 1 aromatic carbocycles. The van der Waals surface area contributed by atoms with Crippen molar-refractivity contribution in [3.05, 3.63) is 42.1 Å². The quantitative estimate of drug-likeness (QED) is 0.736. The molecular formula is C17H18F3N5O2. The van der Waals surface area contributed by atoms with E-state index in [2.05, 4.69) is 20.6 Å². The molecule has 3 rings (SSSR count). The maximum absolute atomic E-state index is 13.3. The second-order valence-electron chi connectivity index (χ2n) is 6.07. The minimum absolute atomic E-state index is 0.0322. The lowest BCUT2D eigenvalue weighted by Crippen LogP contribution is -2.33. The van der Waals surface area contributed by atoms with Gasteiger partial charge in [0.2, 0.25) is 11.9 Å². The molecule has 0 bridgehead atoms. The summed E-state index contributed by atoms with van der Waals surface area (Å²) >= 11 is 0. The SMILES string of the molecule is O=C(CO)N1CCC(Nc2ncc(C(F)(F)F)c(Nc3ccccc3)n2)C1. The number of nitrogens with one attached hydrogen (secondary N) is 2. The average molecular weight is 381 g/mol. The van der Waals surface area contributed by atoms with Gasteiger partial charge in [0.1, 0.15) is 18.0 Å². The van der Waals surface area contributed by atoms with Crippen LogP contribution in [0.4, 0.5) is 30.6 Å². The standard InChI is InChI=1S/C17H18F3N5O2/c18-17(19,20)13-8-21-16(23-12-6-7-25(9-12)14(27)10-26)24-15(13)22-11-4-2-1-3-5-11/h1-5,8,12,26H,6-7,9-10H2,(H2,21,22,23,24). The van der Waals surface area contributed by atoms with Gasteiger partial charge >= 0.3 is 6.18 Å². The first-order valence-electron chi connectivity index (χ1n) is 8.28. The Bertz CT molecular complexity index is 801. The summed E-state index contributed by atoms with van der Waals surface area (Å²) in [5, 5.41) is 14.5. The van der Waals surface area contributed by atoms with E-state index in [0.29, 0.717) is 25.2 Å². The van der Waals surface area contributed by atoms with Gasteiger partial charge in [-0.3, -0.25) is 4.79 Å². The molecule has 2 aromatic rings. The zero-order chi connectivity index (χ0) is 19.4. The number of anilines is 3. The third-order valence-corrected chi connectivity index (χ3v) is 4.14. The molecule has 0 aliphatic carbocycles. The molecule has 2 heterocycles. The molecule has 7 nitrogen and oxygen atoms in total. The molecule has 1 amide bonds. The smallest absolute Gasteiger partial charge is 0.387 e. The number of amides is 1. The van der Waals surface area contributed by atoms with Crippen molar-refractivity contribution < 1.29 is 23.1 Å². The number of hydrogen-bond acceptors (Lipinski definition) is 6. The van der Waals surface area contributed by atoms with Gasteiger partial charge in [-0.25, -0.2) is 4.98 Å². The van der Waals surface area contributed by atoms with Crippen LogP contribution in [0, 0.1) is 0 Å². The van der Waals surface area contributed by atoms with E-state index in [1.54, 1.807) is 30.3 Å². The van der Waals surface area contributed by atoms with Crippen LogP contribution in [0.1, 0.15) is 12.0 Å². The second kappa shape index (κ2) is 7.78. The number of halogens is 3. The Morgan fingerprint density at radius 1 is 1.30 bits per heavy atom. The molecule has 0 saturated carbocycles. The molecule has 0 radical (unpaired) electrons. The highest BCUT2D eigenvalue weighted by Gasteiger charge is 2.35. The molecule has 3 N–H and O–H groups in total. The van der Waals surface area contributed by atoms with Gasteiger partial charge in [0.25, 0.3) is 0 Å². The first kappa shape index (κ1) is 18.9. The molecule has 27 heavy (non-hydrogen) atoms. The molecule has 1 aliphatic rings. The van der Waals surface area contributed by atoms with Crippen LogP contribution in [0.2, 0.25) is 0 Å². The molecular weight excluding hydrogens is 363 g/mol. The fourth-order valence-electron chi connectivity index (χ4n) is 2.80. The highest BCUT2D eigenvalue weighted by molar-refractivity contribution is 5.77. The van der Waals surface area contributed by atoms with Crippen LogP contribution in [0.3, 0.4) is 0 Å². The normalized spacial score (nSPS) is 17.0. The van der Waals surface area contributed by atoms with Crippen molar-refractivity contribution in [1.82, 2.24) is 14.9 Å². The number of carbonyl (C=O) groups is 1. The van der Waals surface area contributed by atoms with Crippen molar-refractivity contribution in [2.75, 3.05) is 30.3 Å². The average Bonchev–Trinajstić information content (AvgIpc) is 3.09. The number of aliphatic hydroxyl groups excluding tert-OH is 1. The van der Waals surface area contributed by atoms with Gasteiger partial charge in [0, 0.05) is 31.0 Å². The highest BCUT2D eigenvalue weighted by atomic mass is 19.4. The predicted molar refractivity (Wildman–Crippen MR) is 92.5 cm³/mol. The van der Waals surface area contributed by atoms with Crippen LogP contribution in [0.5, 0.6) is 0 Å². The van der Waals surface area contributed by atoms with E-state index in [0.717, 1.165) is 6.20 Å². The van der Waals surface area contributed by atoms with E-state index >= 15 is 0 Å². The van der Waals surface area contributed by atoms with Gasteiger partial charge < -0.3 is 20.6 Å². The van der Waals surface area contributed by atoms with Gasteiger partial charge in [0.15, 0.2) is 0 Å². The van der Waals surface area contributed by atoms with Gasteiger partial charge in [-0.15, -0.1) is 0 Å². The summed E-state index contributed by atoms with van der Waals surface area (Å²) in [5.74, 6) is -0.712. The van der Waals surface area contributed by atoms with Crippen LogP contribution in [0.25, 0.3) is 0 Å². The fraction of sp³-hybridized carbons (Fsp3) is 0.353. The van der Waals surface area contributed by atoms with Crippen molar-refractivity contribution in [1.29, 1.82) is 0 Å². The number of nitrogens with zero attached hydrogens (tertiary/aromatic N) is 3. The lowest BCUT2D eigenvalue weighted by Gasteiger charge is -2.18. The third kappa shape index (κ3) is 4.64. The summed E-state index contributed by atoms with van der Waals surface area (Å²) in [4.78, 5) is 20.7. The summed E-state index contributed by atoms with van der Waals surface area (Å²) in [6, 6.07) is 8.20. The third-order valence-electron chi connectivity index (χ3n) is 4.14. The molecule has 0 spiro atoms. The van der Waals surface area contributed by atoms with E-state index in [-0.39, 0.29) is 23.7 Å². The summed E-state index contributed by atoms with van der Waals surface area (Å²) in [5.41, 5.74) is -0.506. The summed E-state index contributed by atoms with van der Waals surface area (Å²) in [7, 11) is 0. The number of para-hydroxylation sites is 1. The fourth-order valence-corrected chi connectivity index (χ4v) is 2.80. The zero-order valence-corrected chi connectivity index (χ0v) is 14.2. The first-order chi connectivity index (χ1) is 12.9. The minimum Gasteiger partial charge on any atom is -0.387 e. The van der Waals surface area contributed by atoms with E-state index < -0.39 is 18.3 Å². The van der Waals surface area contributed by atoms with Crippen molar-refractivity contribution >= 4 is 23.4 Å². The van der Waals surface area contributed by atoms with Gasteiger partial charge in [-0.1, -0.05) is 18.2 Å². The van der Waals surface area contributed by atoms with Crippen LogP contribution in [-0.2, 0) is 11.0 Å². The molecule has 1 atom stereocenters. The molecule has 1 aromatic heterocycles. The zero-order valence-electron chi connectivity index (χ0n) is 14.2. The van der Waals surface area contributed by atoms with Crippen LogP contribution >= 0.6 is 0 Å². The van der Waals surface area contributed by atoms with Crippen LogP contribution in [0.15, 0.2) is 36.5 Å². The van der Waals surface area contributed by atoms with Crippen molar-refractivity contribution in [3.8, 4) is 0 Å². The Balaban J connectivity index is 1.79. The number of carbonyl (C=O) groups excluding carboxylic acids is 1. The van der Waals surface area contributed by atoms with Gasteiger partial charge in [-0.05, 0) is 18.6 Å². The Morgan fingerprint density at radius 2 is 2.04 bits per heavy atom. The summed E-state index contributed by atoms with van der Waals surface area (Å²) in [6.45, 7) is 0.201. The van der Waals surface area contributed by atoms with Crippen molar-refractivity contribution in [3.63, 3.8) is 0 Å². The van der Waals surface area contributed by atoms with E-state index in [4.69, 9.17) is 5.11 Å². The van der Waals surface area contributed by atoms with Crippen LogP contribution < -0.4 is 10.6 Å². The van der Waals surface area contributed by atoms with Crippen LogP contribution in [-0.4, -0.2) is 51.6 Å². The Morgan fingerprint density at radius 3 is 2.70 bits per heavy atom. The summed E-state index contributed by atoms with van der Waals surface area (Å²) < 4.78 is 39.8. The lowest BCUT2D eigenvalue weighted by atomic mass is 10.2. The number of likely N-dealkylation sites (tertiary alicyclic amines) is 1. The molecule has 1 unspecified atom stereocenters. The van der Waals surface area contributed by atoms with Gasteiger partial charge in [0.05, 0.1) is 0 Å². The molecule has 1 saturated heterocycles. The maximum Gasteiger partial charge on any atom is 0.421 e. The Labute approximate surface area is 153 Å². The van der Waals surface area contributed by atoms with E-state index in [1.165, 1.54) is 4.90 Å². The molecule has 10 heteroatoms. The largest absolute Gasteiger partial charge is 0.421 e. The topological polar surface area (TPSA) is 90.4 Å². The molecule has 1 fully saturated rings.